The number of rotatable bonds is 6. The molecule has 1 heterocycles. The molecular formula is C17H25NO2. The lowest BCUT2D eigenvalue weighted by atomic mass is 10.2. The van der Waals surface area contributed by atoms with Crippen molar-refractivity contribution in [1.29, 1.82) is 0 Å². The van der Waals surface area contributed by atoms with Crippen LogP contribution in [0.5, 0.6) is 5.75 Å². The molecule has 3 heteroatoms. The molecule has 0 aromatic heterocycles. The van der Waals surface area contributed by atoms with Gasteiger partial charge in [-0.2, -0.15) is 0 Å². The van der Waals surface area contributed by atoms with Crippen LogP contribution in [0.2, 0.25) is 0 Å². The average molecular weight is 275 g/mol. The highest BCUT2D eigenvalue weighted by Crippen LogP contribution is 2.16. The van der Waals surface area contributed by atoms with Crippen molar-refractivity contribution in [2.24, 2.45) is 0 Å². The van der Waals surface area contributed by atoms with Gasteiger partial charge < -0.3 is 9.64 Å². The molecule has 3 nitrogen and oxygen atoms in total. The van der Waals surface area contributed by atoms with E-state index in [9.17, 15) is 4.79 Å². The third-order valence-corrected chi connectivity index (χ3v) is 3.88. The number of likely N-dealkylation sites (tertiary alicyclic amines) is 1. The number of ether oxygens (including phenoxy) is 1. The Labute approximate surface area is 121 Å². The Balaban J connectivity index is 1.76. The van der Waals surface area contributed by atoms with Crippen LogP contribution in [0.1, 0.15) is 49.4 Å². The van der Waals surface area contributed by atoms with Gasteiger partial charge >= 0.3 is 0 Å². The van der Waals surface area contributed by atoms with E-state index >= 15 is 0 Å². The zero-order chi connectivity index (χ0) is 14.2. The van der Waals surface area contributed by atoms with Crippen LogP contribution >= 0.6 is 0 Å². The highest BCUT2D eigenvalue weighted by Gasteiger charge is 2.11. The Morgan fingerprint density at radius 1 is 1.25 bits per heavy atom. The molecule has 1 saturated heterocycles. The molecule has 0 saturated carbocycles. The quantitative estimate of drug-likeness (QED) is 0.744. The van der Waals surface area contributed by atoms with Crippen molar-refractivity contribution in [1.82, 2.24) is 4.90 Å². The molecule has 1 atom stereocenters. The fourth-order valence-corrected chi connectivity index (χ4v) is 2.68. The standard InChI is InChI=1S/C17H25NO2/c1-15(9-12-18-10-4-2-3-5-11-18)20-17-8-6-7-16(13-17)14-19/h6-8,13-15H,2-5,9-12H2,1H3. The highest BCUT2D eigenvalue weighted by atomic mass is 16.5. The number of hydrogen-bond acceptors (Lipinski definition) is 3. The van der Waals surface area contributed by atoms with E-state index in [1.54, 1.807) is 12.1 Å². The molecule has 1 aromatic rings. The minimum atomic E-state index is 0.181. The molecule has 20 heavy (non-hydrogen) atoms. The summed E-state index contributed by atoms with van der Waals surface area (Å²) in [5.74, 6) is 0.790. The summed E-state index contributed by atoms with van der Waals surface area (Å²) in [4.78, 5) is 13.3. The predicted octanol–water partition coefficient (Wildman–Crippen LogP) is 3.53. The minimum Gasteiger partial charge on any atom is -0.491 e. The van der Waals surface area contributed by atoms with Gasteiger partial charge in [0, 0.05) is 12.1 Å². The van der Waals surface area contributed by atoms with E-state index in [-0.39, 0.29) is 6.10 Å². The van der Waals surface area contributed by atoms with E-state index in [0.29, 0.717) is 5.56 Å². The molecule has 1 fully saturated rings. The number of benzene rings is 1. The van der Waals surface area contributed by atoms with Crippen LogP contribution in [-0.2, 0) is 0 Å². The van der Waals surface area contributed by atoms with Crippen molar-refractivity contribution in [2.45, 2.75) is 45.1 Å². The Bertz CT molecular complexity index is 411. The molecule has 1 aliphatic heterocycles. The maximum atomic E-state index is 10.7. The second-order valence-electron chi connectivity index (χ2n) is 5.66. The fraction of sp³-hybridized carbons (Fsp3) is 0.588. The van der Waals surface area contributed by atoms with E-state index < -0.39 is 0 Å². The molecule has 0 amide bonds. The number of carbonyl (C=O) groups excluding carboxylic acids is 1. The summed E-state index contributed by atoms with van der Waals surface area (Å²) in [6.45, 7) is 5.67. The van der Waals surface area contributed by atoms with Crippen LogP contribution in [0.25, 0.3) is 0 Å². The van der Waals surface area contributed by atoms with Gasteiger partial charge in [-0.15, -0.1) is 0 Å². The Morgan fingerprint density at radius 2 is 2.00 bits per heavy atom. The van der Waals surface area contributed by atoms with E-state index in [2.05, 4.69) is 11.8 Å². The predicted molar refractivity (Wildman–Crippen MR) is 81.4 cm³/mol. The van der Waals surface area contributed by atoms with Crippen molar-refractivity contribution in [2.75, 3.05) is 19.6 Å². The largest absolute Gasteiger partial charge is 0.491 e. The van der Waals surface area contributed by atoms with Gasteiger partial charge in [-0.3, -0.25) is 4.79 Å². The van der Waals surface area contributed by atoms with Gasteiger partial charge in [-0.25, -0.2) is 0 Å². The summed E-state index contributed by atoms with van der Waals surface area (Å²) in [6.07, 6.45) is 7.48. The Kier molecular flexibility index (Phi) is 6.06. The molecule has 0 spiro atoms. The Hall–Kier alpha value is -1.35. The number of nitrogens with zero attached hydrogens (tertiary/aromatic N) is 1. The van der Waals surface area contributed by atoms with Gasteiger partial charge in [0.05, 0.1) is 6.10 Å². The molecule has 0 N–H and O–H groups in total. The molecule has 1 unspecified atom stereocenters. The average Bonchev–Trinajstić information content (AvgIpc) is 2.74. The van der Waals surface area contributed by atoms with Crippen molar-refractivity contribution >= 4 is 6.29 Å². The van der Waals surface area contributed by atoms with Gasteiger partial charge in [-0.1, -0.05) is 25.0 Å². The van der Waals surface area contributed by atoms with Gasteiger partial charge in [0.1, 0.15) is 12.0 Å². The molecule has 110 valence electrons. The number of hydrogen-bond donors (Lipinski definition) is 0. The van der Waals surface area contributed by atoms with Crippen LogP contribution in [0.4, 0.5) is 0 Å². The van der Waals surface area contributed by atoms with Crippen LogP contribution in [0.3, 0.4) is 0 Å². The fourth-order valence-electron chi connectivity index (χ4n) is 2.68. The zero-order valence-corrected chi connectivity index (χ0v) is 12.4. The maximum Gasteiger partial charge on any atom is 0.150 e. The summed E-state index contributed by atoms with van der Waals surface area (Å²) in [6, 6.07) is 7.37. The van der Waals surface area contributed by atoms with Crippen molar-refractivity contribution < 1.29 is 9.53 Å². The topological polar surface area (TPSA) is 29.5 Å². The first-order valence-corrected chi connectivity index (χ1v) is 7.72. The summed E-state index contributed by atoms with van der Waals surface area (Å²) < 4.78 is 5.89. The molecule has 0 radical (unpaired) electrons. The van der Waals surface area contributed by atoms with E-state index in [0.717, 1.165) is 25.0 Å². The van der Waals surface area contributed by atoms with Crippen LogP contribution in [-0.4, -0.2) is 36.9 Å². The van der Waals surface area contributed by atoms with Gasteiger partial charge in [0.15, 0.2) is 0 Å². The molecule has 2 rings (SSSR count). The summed E-state index contributed by atoms with van der Waals surface area (Å²) in [5, 5.41) is 0. The van der Waals surface area contributed by atoms with Gasteiger partial charge in [0.25, 0.3) is 0 Å². The van der Waals surface area contributed by atoms with E-state index in [1.807, 2.05) is 12.1 Å². The van der Waals surface area contributed by atoms with E-state index in [1.165, 1.54) is 38.8 Å². The summed E-state index contributed by atoms with van der Waals surface area (Å²) in [7, 11) is 0. The van der Waals surface area contributed by atoms with Crippen molar-refractivity contribution in [3.8, 4) is 5.75 Å². The van der Waals surface area contributed by atoms with Crippen molar-refractivity contribution in [3.05, 3.63) is 29.8 Å². The molecule has 0 bridgehead atoms. The monoisotopic (exact) mass is 275 g/mol. The number of carbonyl (C=O) groups is 1. The second-order valence-corrected chi connectivity index (χ2v) is 5.66. The first kappa shape index (κ1) is 15.0. The Morgan fingerprint density at radius 3 is 2.70 bits per heavy atom. The summed E-state index contributed by atoms with van der Waals surface area (Å²) >= 11 is 0. The molecule has 0 aliphatic carbocycles. The molecule has 1 aliphatic rings. The van der Waals surface area contributed by atoms with Crippen LogP contribution in [0, 0.1) is 0 Å². The lowest BCUT2D eigenvalue weighted by Crippen LogP contribution is -2.29. The third kappa shape index (κ3) is 4.97. The first-order valence-electron chi connectivity index (χ1n) is 7.72. The maximum absolute atomic E-state index is 10.7. The van der Waals surface area contributed by atoms with E-state index in [4.69, 9.17) is 4.74 Å². The zero-order valence-electron chi connectivity index (χ0n) is 12.4. The number of aldehydes is 1. The van der Waals surface area contributed by atoms with Crippen molar-refractivity contribution in [3.63, 3.8) is 0 Å². The highest BCUT2D eigenvalue weighted by molar-refractivity contribution is 5.75. The SMILES string of the molecule is CC(CCN1CCCCCC1)Oc1cccc(C=O)c1. The second kappa shape index (κ2) is 8.05. The lowest BCUT2D eigenvalue weighted by Gasteiger charge is -2.22. The molecule has 1 aromatic carbocycles. The third-order valence-electron chi connectivity index (χ3n) is 3.88. The smallest absolute Gasteiger partial charge is 0.150 e. The molecular weight excluding hydrogens is 250 g/mol. The van der Waals surface area contributed by atoms with Gasteiger partial charge in [-0.05, 0) is 51.4 Å². The lowest BCUT2D eigenvalue weighted by molar-refractivity contribution is 0.112. The van der Waals surface area contributed by atoms with Gasteiger partial charge in [0.2, 0.25) is 0 Å². The normalized spacial score (nSPS) is 18.2. The van der Waals surface area contributed by atoms with Crippen LogP contribution in [0.15, 0.2) is 24.3 Å². The van der Waals surface area contributed by atoms with Crippen LogP contribution < -0.4 is 4.74 Å². The minimum absolute atomic E-state index is 0.181. The first-order chi connectivity index (χ1) is 9.78. The summed E-state index contributed by atoms with van der Waals surface area (Å²) in [5.41, 5.74) is 0.669.